The van der Waals surface area contributed by atoms with Crippen molar-refractivity contribution < 1.29 is 18.0 Å². The smallest absolute Gasteiger partial charge is 0.300 e. The first-order chi connectivity index (χ1) is 9.25. The van der Waals surface area contributed by atoms with Crippen molar-refractivity contribution in [3.8, 4) is 0 Å². The average molecular weight is 304 g/mol. The number of nitrogens with zero attached hydrogens (tertiary/aromatic N) is 3. The van der Waals surface area contributed by atoms with E-state index in [0.29, 0.717) is 5.13 Å². The van der Waals surface area contributed by atoms with Crippen LogP contribution in [0.15, 0.2) is 12.3 Å². The molecule has 0 aliphatic carbocycles. The van der Waals surface area contributed by atoms with Gasteiger partial charge in [0.25, 0.3) is 0 Å². The summed E-state index contributed by atoms with van der Waals surface area (Å²) in [4.78, 5) is 16.6. The lowest BCUT2D eigenvalue weighted by molar-refractivity contribution is -0.141. The molecule has 0 aromatic carbocycles. The van der Waals surface area contributed by atoms with E-state index in [0.717, 1.165) is 15.6 Å². The van der Waals surface area contributed by atoms with E-state index >= 15 is 0 Å². The number of thiazole rings is 1. The molecule has 0 spiro atoms. The van der Waals surface area contributed by atoms with Crippen LogP contribution in [-0.2, 0) is 17.5 Å². The zero-order valence-electron chi connectivity index (χ0n) is 10.7. The second kappa shape index (κ2) is 5.23. The highest BCUT2D eigenvalue weighted by molar-refractivity contribution is 7.15. The van der Waals surface area contributed by atoms with E-state index < -0.39 is 17.8 Å². The Kier molecular flexibility index (Phi) is 3.80. The van der Waals surface area contributed by atoms with Crippen molar-refractivity contribution in [1.82, 2.24) is 14.8 Å². The van der Waals surface area contributed by atoms with Gasteiger partial charge in [0.05, 0.1) is 0 Å². The van der Waals surface area contributed by atoms with Crippen LogP contribution in [0.1, 0.15) is 16.3 Å². The third-order valence-electron chi connectivity index (χ3n) is 2.43. The SMILES string of the molecule is Cc1cnc(NC(=O)Cn2nc(C(F)(F)F)cc2C)s1. The van der Waals surface area contributed by atoms with Crippen molar-refractivity contribution in [2.45, 2.75) is 26.6 Å². The van der Waals surface area contributed by atoms with E-state index in [1.807, 2.05) is 6.92 Å². The number of nitrogens with one attached hydrogen (secondary N) is 1. The lowest BCUT2D eigenvalue weighted by atomic mass is 10.3. The Morgan fingerprint density at radius 2 is 2.15 bits per heavy atom. The van der Waals surface area contributed by atoms with Crippen LogP contribution in [-0.4, -0.2) is 20.7 Å². The summed E-state index contributed by atoms with van der Waals surface area (Å²) in [5, 5.41) is 6.31. The maximum Gasteiger partial charge on any atom is 0.435 e. The molecule has 0 saturated carbocycles. The molecule has 0 fully saturated rings. The van der Waals surface area contributed by atoms with E-state index in [1.165, 1.54) is 18.3 Å². The van der Waals surface area contributed by atoms with Gasteiger partial charge in [-0.15, -0.1) is 11.3 Å². The van der Waals surface area contributed by atoms with Crippen LogP contribution < -0.4 is 5.32 Å². The molecule has 0 bridgehead atoms. The van der Waals surface area contributed by atoms with Gasteiger partial charge in [-0.25, -0.2) is 4.98 Å². The first-order valence-electron chi connectivity index (χ1n) is 5.59. The lowest BCUT2D eigenvalue weighted by Crippen LogP contribution is -2.20. The van der Waals surface area contributed by atoms with Crippen molar-refractivity contribution in [1.29, 1.82) is 0 Å². The molecule has 0 radical (unpaired) electrons. The normalized spacial score (nSPS) is 11.7. The molecule has 5 nitrogen and oxygen atoms in total. The van der Waals surface area contributed by atoms with Gasteiger partial charge in [-0.1, -0.05) is 0 Å². The Morgan fingerprint density at radius 1 is 1.45 bits per heavy atom. The molecule has 0 aliphatic heterocycles. The van der Waals surface area contributed by atoms with Crippen molar-refractivity contribution in [3.63, 3.8) is 0 Å². The number of carbonyl (C=O) groups is 1. The van der Waals surface area contributed by atoms with Crippen LogP contribution in [0, 0.1) is 13.8 Å². The van der Waals surface area contributed by atoms with E-state index in [1.54, 1.807) is 6.20 Å². The van der Waals surface area contributed by atoms with Crippen LogP contribution in [0.3, 0.4) is 0 Å². The van der Waals surface area contributed by atoms with Crippen LogP contribution in [0.25, 0.3) is 0 Å². The van der Waals surface area contributed by atoms with Gasteiger partial charge in [-0.3, -0.25) is 9.48 Å². The predicted molar refractivity (Wildman–Crippen MR) is 67.4 cm³/mol. The quantitative estimate of drug-likeness (QED) is 0.948. The molecule has 2 heterocycles. The lowest BCUT2D eigenvalue weighted by Gasteiger charge is -2.04. The summed E-state index contributed by atoms with van der Waals surface area (Å²) >= 11 is 1.29. The van der Waals surface area contributed by atoms with Gasteiger partial charge in [0.2, 0.25) is 5.91 Å². The number of hydrogen-bond donors (Lipinski definition) is 1. The van der Waals surface area contributed by atoms with Gasteiger partial charge in [0.15, 0.2) is 10.8 Å². The van der Waals surface area contributed by atoms with E-state index in [9.17, 15) is 18.0 Å². The Bertz CT molecular complexity index is 632. The number of anilines is 1. The third kappa shape index (κ3) is 3.35. The van der Waals surface area contributed by atoms with E-state index in [2.05, 4.69) is 15.4 Å². The minimum Gasteiger partial charge on any atom is -0.300 e. The van der Waals surface area contributed by atoms with Crippen LogP contribution in [0.5, 0.6) is 0 Å². The highest BCUT2D eigenvalue weighted by Gasteiger charge is 2.34. The number of alkyl halides is 3. The molecule has 2 rings (SSSR count). The molecule has 0 unspecified atom stereocenters. The molecule has 1 amide bonds. The second-order valence-corrected chi connectivity index (χ2v) is 5.39. The van der Waals surface area contributed by atoms with Gasteiger partial charge < -0.3 is 5.32 Å². The number of aromatic nitrogens is 3. The minimum atomic E-state index is -4.51. The summed E-state index contributed by atoms with van der Waals surface area (Å²) in [5.74, 6) is -0.473. The van der Waals surface area contributed by atoms with Gasteiger partial charge in [-0.05, 0) is 19.9 Å². The summed E-state index contributed by atoms with van der Waals surface area (Å²) in [6.45, 7) is 3.00. The molecular weight excluding hydrogens is 293 g/mol. The second-order valence-electron chi connectivity index (χ2n) is 4.15. The van der Waals surface area contributed by atoms with E-state index in [-0.39, 0.29) is 12.2 Å². The van der Waals surface area contributed by atoms with Gasteiger partial charge in [-0.2, -0.15) is 18.3 Å². The number of carbonyl (C=O) groups excluding carboxylic acids is 1. The standard InChI is InChI=1S/C11H11F3N4OS/c1-6-3-8(11(12,13)14)17-18(6)5-9(19)16-10-15-4-7(2)20-10/h3-4H,5H2,1-2H3,(H,15,16,19). The Labute approximate surface area is 116 Å². The largest absolute Gasteiger partial charge is 0.435 e. The van der Waals surface area contributed by atoms with Gasteiger partial charge >= 0.3 is 6.18 Å². The summed E-state index contributed by atoms with van der Waals surface area (Å²) < 4.78 is 38.5. The molecule has 0 saturated heterocycles. The van der Waals surface area contributed by atoms with Crippen LogP contribution >= 0.6 is 11.3 Å². The van der Waals surface area contributed by atoms with Gasteiger partial charge in [0.1, 0.15) is 6.54 Å². The maximum absolute atomic E-state index is 12.5. The number of hydrogen-bond acceptors (Lipinski definition) is 4. The fraction of sp³-hybridized carbons (Fsp3) is 0.364. The molecule has 9 heteroatoms. The number of halogens is 3. The molecule has 2 aromatic heterocycles. The molecule has 108 valence electrons. The molecule has 20 heavy (non-hydrogen) atoms. The molecular formula is C11H11F3N4OS. The molecule has 2 aromatic rings. The maximum atomic E-state index is 12.5. The zero-order chi connectivity index (χ0) is 14.9. The monoisotopic (exact) mass is 304 g/mol. The third-order valence-corrected chi connectivity index (χ3v) is 3.26. The summed E-state index contributed by atoms with van der Waals surface area (Å²) in [5.41, 5.74) is -0.740. The molecule has 0 atom stereocenters. The Balaban J connectivity index is 2.06. The summed E-state index contributed by atoms with van der Waals surface area (Å²) in [6.07, 6.45) is -2.92. The predicted octanol–water partition coefficient (Wildman–Crippen LogP) is 2.61. The first-order valence-corrected chi connectivity index (χ1v) is 6.41. The number of amides is 1. The fourth-order valence-electron chi connectivity index (χ4n) is 1.52. The van der Waals surface area contributed by atoms with Crippen molar-refractivity contribution in [3.05, 3.63) is 28.5 Å². The first kappa shape index (κ1) is 14.5. The van der Waals surface area contributed by atoms with Crippen molar-refractivity contribution >= 4 is 22.4 Å². The van der Waals surface area contributed by atoms with Crippen LogP contribution in [0.4, 0.5) is 18.3 Å². The van der Waals surface area contributed by atoms with Gasteiger partial charge in [0, 0.05) is 16.8 Å². The zero-order valence-corrected chi connectivity index (χ0v) is 11.5. The Morgan fingerprint density at radius 3 is 2.65 bits per heavy atom. The number of aryl methyl sites for hydroxylation is 2. The van der Waals surface area contributed by atoms with E-state index in [4.69, 9.17) is 0 Å². The molecule has 0 aliphatic rings. The van der Waals surface area contributed by atoms with Crippen molar-refractivity contribution in [2.75, 3.05) is 5.32 Å². The van der Waals surface area contributed by atoms with Crippen molar-refractivity contribution in [2.24, 2.45) is 0 Å². The number of rotatable bonds is 3. The highest BCUT2D eigenvalue weighted by Crippen LogP contribution is 2.28. The Hall–Kier alpha value is -1.90. The fourth-order valence-corrected chi connectivity index (χ4v) is 2.20. The summed E-state index contributed by atoms with van der Waals surface area (Å²) in [7, 11) is 0. The van der Waals surface area contributed by atoms with Crippen LogP contribution in [0.2, 0.25) is 0 Å². The highest BCUT2D eigenvalue weighted by atomic mass is 32.1. The topological polar surface area (TPSA) is 59.8 Å². The molecule has 1 N–H and O–H groups in total. The average Bonchev–Trinajstić information content (AvgIpc) is 2.86. The minimum absolute atomic E-state index is 0.266. The summed E-state index contributed by atoms with van der Waals surface area (Å²) in [6, 6.07) is 0.904.